The fourth-order valence-electron chi connectivity index (χ4n) is 2.22. The first-order valence-electron chi connectivity index (χ1n) is 6.63. The molecule has 1 heterocycles. The van der Waals surface area contributed by atoms with Crippen molar-refractivity contribution in [1.82, 2.24) is 4.90 Å². The highest BCUT2D eigenvalue weighted by Gasteiger charge is 2.13. The highest BCUT2D eigenvalue weighted by Crippen LogP contribution is 2.21. The summed E-state index contributed by atoms with van der Waals surface area (Å²) in [4.78, 5) is 13.3. The van der Waals surface area contributed by atoms with Gasteiger partial charge in [0.05, 0.1) is 13.7 Å². The van der Waals surface area contributed by atoms with Gasteiger partial charge in [0.25, 0.3) is 0 Å². The third kappa shape index (κ3) is 3.86. The van der Waals surface area contributed by atoms with Crippen LogP contribution < -0.4 is 4.74 Å². The second-order valence-corrected chi connectivity index (χ2v) is 5.02. The van der Waals surface area contributed by atoms with E-state index in [1.54, 1.807) is 12.1 Å². The summed E-state index contributed by atoms with van der Waals surface area (Å²) in [5, 5.41) is 9.18. The summed E-state index contributed by atoms with van der Waals surface area (Å²) in [6.45, 7) is 3.21. The molecule has 0 aliphatic carbocycles. The van der Waals surface area contributed by atoms with E-state index in [9.17, 15) is 9.90 Å². The van der Waals surface area contributed by atoms with Crippen molar-refractivity contribution >= 4 is 5.97 Å². The van der Waals surface area contributed by atoms with Crippen LogP contribution in [0.1, 0.15) is 27.4 Å². The van der Waals surface area contributed by atoms with Gasteiger partial charge in [0.2, 0.25) is 0 Å². The molecule has 21 heavy (non-hydrogen) atoms. The molecule has 1 N–H and O–H groups in total. The number of furan rings is 1. The summed E-state index contributed by atoms with van der Waals surface area (Å²) in [6, 6.07) is 9.07. The minimum atomic E-state index is -0.988. The van der Waals surface area contributed by atoms with Crippen LogP contribution in [0, 0.1) is 6.92 Å². The number of aromatic carboxylic acids is 1. The SMILES string of the molecule is COc1ccc(CN(C)Cc2ccc(C)o2)cc1C(=O)O. The summed E-state index contributed by atoms with van der Waals surface area (Å²) in [6.07, 6.45) is 0. The molecular weight excluding hydrogens is 270 g/mol. The molecule has 112 valence electrons. The van der Waals surface area contributed by atoms with Crippen LogP contribution in [0.3, 0.4) is 0 Å². The second-order valence-electron chi connectivity index (χ2n) is 5.02. The van der Waals surface area contributed by atoms with E-state index in [1.165, 1.54) is 7.11 Å². The smallest absolute Gasteiger partial charge is 0.339 e. The fraction of sp³-hybridized carbons (Fsp3) is 0.312. The molecule has 5 nitrogen and oxygen atoms in total. The Morgan fingerprint density at radius 2 is 2.05 bits per heavy atom. The van der Waals surface area contributed by atoms with Crippen LogP contribution in [0.4, 0.5) is 0 Å². The second kappa shape index (κ2) is 6.45. The predicted octanol–water partition coefficient (Wildman–Crippen LogP) is 2.93. The van der Waals surface area contributed by atoms with Gasteiger partial charge >= 0.3 is 5.97 Å². The Hall–Kier alpha value is -2.27. The zero-order valence-corrected chi connectivity index (χ0v) is 12.4. The molecule has 1 aromatic heterocycles. The highest BCUT2D eigenvalue weighted by molar-refractivity contribution is 5.91. The molecule has 0 bridgehead atoms. The van der Waals surface area contributed by atoms with Crippen LogP contribution >= 0.6 is 0 Å². The monoisotopic (exact) mass is 289 g/mol. The van der Waals surface area contributed by atoms with Crippen molar-refractivity contribution in [2.45, 2.75) is 20.0 Å². The molecule has 0 radical (unpaired) electrons. The van der Waals surface area contributed by atoms with Gasteiger partial charge in [0.1, 0.15) is 22.8 Å². The molecule has 2 aromatic rings. The average Bonchev–Trinajstić information content (AvgIpc) is 2.83. The molecule has 2 rings (SSSR count). The number of hydrogen-bond donors (Lipinski definition) is 1. The number of benzene rings is 1. The lowest BCUT2D eigenvalue weighted by molar-refractivity contribution is 0.0693. The molecule has 0 fully saturated rings. The Bertz CT molecular complexity index is 633. The van der Waals surface area contributed by atoms with Gasteiger partial charge in [0, 0.05) is 6.54 Å². The number of rotatable bonds is 6. The van der Waals surface area contributed by atoms with E-state index in [2.05, 4.69) is 4.90 Å². The van der Waals surface area contributed by atoms with Gasteiger partial charge in [-0.1, -0.05) is 6.07 Å². The quantitative estimate of drug-likeness (QED) is 0.886. The zero-order valence-electron chi connectivity index (χ0n) is 12.4. The van der Waals surface area contributed by atoms with E-state index in [4.69, 9.17) is 9.15 Å². The van der Waals surface area contributed by atoms with Crippen molar-refractivity contribution in [3.63, 3.8) is 0 Å². The summed E-state index contributed by atoms with van der Waals surface area (Å²) >= 11 is 0. The van der Waals surface area contributed by atoms with Gasteiger partial charge in [-0.3, -0.25) is 4.90 Å². The molecule has 5 heteroatoms. The van der Waals surface area contributed by atoms with E-state index in [0.29, 0.717) is 18.8 Å². The van der Waals surface area contributed by atoms with Crippen molar-refractivity contribution in [3.05, 3.63) is 53.0 Å². The average molecular weight is 289 g/mol. The number of ether oxygens (including phenoxy) is 1. The van der Waals surface area contributed by atoms with Gasteiger partial charge in [0.15, 0.2) is 0 Å². The van der Waals surface area contributed by atoms with Crippen molar-refractivity contribution in [3.8, 4) is 5.75 Å². The van der Waals surface area contributed by atoms with Gasteiger partial charge < -0.3 is 14.3 Å². The Balaban J connectivity index is 2.08. The minimum absolute atomic E-state index is 0.178. The molecule has 0 aliphatic rings. The molecule has 0 amide bonds. The molecule has 0 saturated heterocycles. The summed E-state index contributed by atoms with van der Waals surface area (Å²) in [5.41, 5.74) is 1.09. The van der Waals surface area contributed by atoms with Crippen LogP contribution in [0.25, 0.3) is 0 Å². The summed E-state index contributed by atoms with van der Waals surface area (Å²) in [5.74, 6) is 1.16. The van der Waals surface area contributed by atoms with Gasteiger partial charge in [-0.2, -0.15) is 0 Å². The molecule has 0 unspecified atom stereocenters. The maximum atomic E-state index is 11.2. The number of hydrogen-bond acceptors (Lipinski definition) is 4. The van der Waals surface area contributed by atoms with Crippen LogP contribution in [0.5, 0.6) is 5.75 Å². The van der Waals surface area contributed by atoms with Crippen LogP contribution in [-0.2, 0) is 13.1 Å². The van der Waals surface area contributed by atoms with Crippen molar-refractivity contribution in [2.24, 2.45) is 0 Å². The maximum Gasteiger partial charge on any atom is 0.339 e. The number of aryl methyl sites for hydroxylation is 1. The number of carboxylic acid groups (broad SMARTS) is 1. The summed E-state index contributed by atoms with van der Waals surface area (Å²) < 4.78 is 10.6. The topological polar surface area (TPSA) is 62.9 Å². The first-order chi connectivity index (χ1) is 9.99. The van der Waals surface area contributed by atoms with Crippen LogP contribution in [0.15, 0.2) is 34.7 Å². The highest BCUT2D eigenvalue weighted by atomic mass is 16.5. The van der Waals surface area contributed by atoms with Gasteiger partial charge in [-0.05, 0) is 43.8 Å². The van der Waals surface area contributed by atoms with Crippen molar-refractivity contribution < 1.29 is 19.1 Å². The van der Waals surface area contributed by atoms with E-state index in [1.807, 2.05) is 32.2 Å². The number of methoxy groups -OCH3 is 1. The van der Waals surface area contributed by atoms with E-state index in [-0.39, 0.29) is 5.56 Å². The Labute approximate surface area is 123 Å². The maximum absolute atomic E-state index is 11.2. The first-order valence-corrected chi connectivity index (χ1v) is 6.63. The Kier molecular flexibility index (Phi) is 4.65. The summed E-state index contributed by atoms with van der Waals surface area (Å²) in [7, 11) is 3.43. The molecule has 0 atom stereocenters. The molecule has 1 aromatic carbocycles. The lowest BCUT2D eigenvalue weighted by Crippen LogP contribution is -2.17. The molecule has 0 aliphatic heterocycles. The lowest BCUT2D eigenvalue weighted by Gasteiger charge is -2.16. The third-order valence-electron chi connectivity index (χ3n) is 3.17. The van der Waals surface area contributed by atoms with Crippen molar-refractivity contribution in [2.75, 3.05) is 14.2 Å². The largest absolute Gasteiger partial charge is 0.496 e. The van der Waals surface area contributed by atoms with Gasteiger partial charge in [-0.25, -0.2) is 4.79 Å². The Morgan fingerprint density at radius 3 is 2.62 bits per heavy atom. The number of carboxylic acids is 1. The standard InChI is InChI=1S/C16H19NO4/c1-11-4-6-13(21-11)10-17(2)9-12-5-7-15(20-3)14(8-12)16(18)19/h4-8H,9-10H2,1-3H3,(H,18,19). The molecule has 0 spiro atoms. The van der Waals surface area contributed by atoms with E-state index < -0.39 is 5.97 Å². The zero-order chi connectivity index (χ0) is 15.4. The number of carbonyl (C=O) groups is 1. The Morgan fingerprint density at radius 1 is 1.29 bits per heavy atom. The molecule has 0 saturated carbocycles. The van der Waals surface area contributed by atoms with Crippen molar-refractivity contribution in [1.29, 1.82) is 0 Å². The lowest BCUT2D eigenvalue weighted by atomic mass is 10.1. The van der Waals surface area contributed by atoms with Crippen LogP contribution in [0.2, 0.25) is 0 Å². The predicted molar refractivity (Wildman–Crippen MR) is 78.6 cm³/mol. The van der Waals surface area contributed by atoms with E-state index >= 15 is 0 Å². The third-order valence-corrected chi connectivity index (χ3v) is 3.17. The van der Waals surface area contributed by atoms with Crippen LogP contribution in [-0.4, -0.2) is 30.1 Å². The van der Waals surface area contributed by atoms with Gasteiger partial charge in [-0.15, -0.1) is 0 Å². The number of nitrogens with zero attached hydrogens (tertiary/aromatic N) is 1. The minimum Gasteiger partial charge on any atom is -0.496 e. The first kappa shape index (κ1) is 15.1. The fourth-order valence-corrected chi connectivity index (χ4v) is 2.22. The molecular formula is C16H19NO4. The normalized spacial score (nSPS) is 10.9. The van der Waals surface area contributed by atoms with E-state index in [0.717, 1.165) is 17.1 Å².